The second-order valence-electron chi connectivity index (χ2n) is 5.22. The Bertz CT molecular complexity index is 499. The van der Waals surface area contributed by atoms with E-state index in [9.17, 15) is 9.59 Å². The molecule has 1 aromatic heterocycles. The van der Waals surface area contributed by atoms with Crippen LogP contribution in [0.2, 0.25) is 0 Å². The average Bonchev–Trinajstić information content (AvgIpc) is 3.07. The van der Waals surface area contributed by atoms with Crippen molar-refractivity contribution in [1.29, 1.82) is 0 Å². The van der Waals surface area contributed by atoms with Crippen LogP contribution in [-0.4, -0.2) is 40.1 Å². The number of carboxylic acids is 1. The number of carbonyl (C=O) groups excluding carboxylic acids is 1. The molecule has 2 rings (SSSR count). The molecule has 110 valence electrons. The fraction of sp³-hybridized carbons (Fsp3) is 0.615. The lowest BCUT2D eigenvalue weighted by atomic mass is 10.3. The van der Waals surface area contributed by atoms with Gasteiger partial charge in [0, 0.05) is 17.6 Å². The molecule has 1 fully saturated rings. The van der Waals surface area contributed by atoms with E-state index in [1.165, 1.54) is 16.2 Å². The largest absolute Gasteiger partial charge is 0.480 e. The fourth-order valence-electron chi connectivity index (χ4n) is 1.90. The van der Waals surface area contributed by atoms with Gasteiger partial charge in [-0.05, 0) is 32.6 Å². The predicted octanol–water partition coefficient (Wildman–Crippen LogP) is 2.02. The van der Waals surface area contributed by atoms with Crippen LogP contribution in [0.25, 0.3) is 0 Å². The topological polar surface area (TPSA) is 82.5 Å². The number of aliphatic carboxylic acids is 1. The minimum atomic E-state index is -0.987. The van der Waals surface area contributed by atoms with Gasteiger partial charge in [0.25, 0.3) is 0 Å². The zero-order valence-electron chi connectivity index (χ0n) is 11.6. The summed E-state index contributed by atoms with van der Waals surface area (Å²) in [5.41, 5.74) is 0.923. The van der Waals surface area contributed by atoms with Crippen molar-refractivity contribution >= 4 is 23.3 Å². The molecule has 2 N–H and O–H groups in total. The van der Waals surface area contributed by atoms with Gasteiger partial charge in [0.1, 0.15) is 11.6 Å². The Kier molecular flexibility index (Phi) is 4.59. The van der Waals surface area contributed by atoms with Gasteiger partial charge < -0.3 is 15.3 Å². The highest BCUT2D eigenvalue weighted by Gasteiger charge is 2.28. The van der Waals surface area contributed by atoms with Crippen LogP contribution in [0.3, 0.4) is 0 Å². The number of hydrogen-bond acceptors (Lipinski definition) is 4. The minimum Gasteiger partial charge on any atom is -0.480 e. The SMILES string of the molecule is Cc1csc(C(C)NC(=O)N(CC(=O)O)CC2CC2)n1. The minimum absolute atomic E-state index is 0.211. The Balaban J connectivity index is 1.94. The molecule has 20 heavy (non-hydrogen) atoms. The molecular weight excluding hydrogens is 278 g/mol. The predicted molar refractivity (Wildman–Crippen MR) is 75.7 cm³/mol. The summed E-state index contributed by atoms with van der Waals surface area (Å²) in [5.74, 6) is -0.531. The van der Waals surface area contributed by atoms with Crippen molar-refractivity contribution in [2.24, 2.45) is 5.92 Å². The van der Waals surface area contributed by atoms with Crippen LogP contribution in [-0.2, 0) is 4.79 Å². The maximum Gasteiger partial charge on any atom is 0.323 e. The van der Waals surface area contributed by atoms with Crippen LogP contribution in [0.1, 0.15) is 36.5 Å². The first kappa shape index (κ1) is 14.8. The number of nitrogens with one attached hydrogen (secondary N) is 1. The van der Waals surface area contributed by atoms with Crippen molar-refractivity contribution in [1.82, 2.24) is 15.2 Å². The Morgan fingerprint density at radius 1 is 1.60 bits per heavy atom. The maximum atomic E-state index is 12.2. The van der Waals surface area contributed by atoms with Gasteiger partial charge in [-0.2, -0.15) is 0 Å². The first-order valence-electron chi connectivity index (χ1n) is 6.65. The van der Waals surface area contributed by atoms with Crippen LogP contribution in [0.4, 0.5) is 4.79 Å². The van der Waals surface area contributed by atoms with Gasteiger partial charge >= 0.3 is 12.0 Å². The van der Waals surface area contributed by atoms with E-state index in [0.717, 1.165) is 23.5 Å². The van der Waals surface area contributed by atoms with Crippen molar-refractivity contribution < 1.29 is 14.7 Å². The molecule has 1 heterocycles. The number of thiazole rings is 1. The molecule has 1 atom stereocenters. The molecule has 2 amide bonds. The standard InChI is InChI=1S/C13H19N3O3S/c1-8-7-20-12(14-8)9(2)15-13(19)16(6-11(17)18)5-10-3-4-10/h7,9-10H,3-6H2,1-2H3,(H,15,19)(H,17,18). The lowest BCUT2D eigenvalue weighted by Gasteiger charge is -2.23. The highest BCUT2D eigenvalue weighted by atomic mass is 32.1. The van der Waals surface area contributed by atoms with E-state index in [2.05, 4.69) is 10.3 Å². The van der Waals surface area contributed by atoms with E-state index in [0.29, 0.717) is 12.5 Å². The van der Waals surface area contributed by atoms with Crippen molar-refractivity contribution in [2.75, 3.05) is 13.1 Å². The molecule has 0 aromatic carbocycles. The molecule has 0 aliphatic heterocycles. The fourth-order valence-corrected chi connectivity index (χ4v) is 2.71. The Labute approximate surface area is 121 Å². The third kappa shape index (κ3) is 4.19. The van der Waals surface area contributed by atoms with Gasteiger partial charge in [-0.3, -0.25) is 4.79 Å². The highest BCUT2D eigenvalue weighted by Crippen LogP contribution is 2.29. The third-order valence-electron chi connectivity index (χ3n) is 3.14. The van der Waals surface area contributed by atoms with E-state index in [-0.39, 0.29) is 18.6 Å². The van der Waals surface area contributed by atoms with E-state index in [1.807, 2.05) is 19.2 Å². The van der Waals surface area contributed by atoms with Gasteiger partial charge in [-0.25, -0.2) is 9.78 Å². The average molecular weight is 297 g/mol. The van der Waals surface area contributed by atoms with Crippen molar-refractivity contribution in [3.8, 4) is 0 Å². The summed E-state index contributed by atoms with van der Waals surface area (Å²) in [7, 11) is 0. The monoisotopic (exact) mass is 297 g/mol. The summed E-state index contributed by atoms with van der Waals surface area (Å²) in [6, 6.07) is -0.545. The number of aromatic nitrogens is 1. The molecule has 0 saturated heterocycles. The summed E-state index contributed by atoms with van der Waals surface area (Å²) in [4.78, 5) is 28.7. The maximum absolute atomic E-state index is 12.2. The van der Waals surface area contributed by atoms with Crippen molar-refractivity contribution in [3.05, 3.63) is 16.1 Å². The van der Waals surface area contributed by atoms with E-state index < -0.39 is 5.97 Å². The number of rotatable bonds is 6. The summed E-state index contributed by atoms with van der Waals surface area (Å²) < 4.78 is 0. The number of carbonyl (C=O) groups is 2. The Hall–Kier alpha value is -1.63. The van der Waals surface area contributed by atoms with Crippen LogP contribution in [0.5, 0.6) is 0 Å². The molecule has 1 aliphatic carbocycles. The Morgan fingerprint density at radius 3 is 2.80 bits per heavy atom. The summed E-state index contributed by atoms with van der Waals surface area (Å²) in [6.45, 7) is 4.01. The zero-order chi connectivity index (χ0) is 14.7. The molecule has 7 heteroatoms. The second-order valence-corrected chi connectivity index (χ2v) is 6.11. The zero-order valence-corrected chi connectivity index (χ0v) is 12.4. The number of hydrogen-bond donors (Lipinski definition) is 2. The molecular formula is C13H19N3O3S. The van der Waals surface area contributed by atoms with Crippen molar-refractivity contribution in [3.63, 3.8) is 0 Å². The highest BCUT2D eigenvalue weighted by molar-refractivity contribution is 7.09. The first-order valence-corrected chi connectivity index (χ1v) is 7.53. The van der Waals surface area contributed by atoms with Gasteiger partial charge in [0.15, 0.2) is 0 Å². The number of aryl methyl sites for hydroxylation is 1. The third-order valence-corrected chi connectivity index (χ3v) is 4.28. The normalized spacial score (nSPS) is 15.7. The van der Waals surface area contributed by atoms with E-state index in [4.69, 9.17) is 5.11 Å². The van der Waals surface area contributed by atoms with Crippen LogP contribution < -0.4 is 5.32 Å². The number of amides is 2. The molecule has 0 spiro atoms. The van der Waals surface area contributed by atoms with Crippen molar-refractivity contribution in [2.45, 2.75) is 32.7 Å². The lowest BCUT2D eigenvalue weighted by molar-refractivity contribution is -0.137. The summed E-state index contributed by atoms with van der Waals surface area (Å²) >= 11 is 1.49. The van der Waals surface area contributed by atoms with Gasteiger partial charge in [0.05, 0.1) is 6.04 Å². The van der Waals surface area contributed by atoms with Gasteiger partial charge in [0.2, 0.25) is 0 Å². The Morgan fingerprint density at radius 2 is 2.30 bits per heavy atom. The lowest BCUT2D eigenvalue weighted by Crippen LogP contribution is -2.44. The smallest absolute Gasteiger partial charge is 0.323 e. The molecule has 0 radical (unpaired) electrons. The molecule has 6 nitrogen and oxygen atoms in total. The molecule has 0 bridgehead atoms. The van der Waals surface area contributed by atoms with E-state index >= 15 is 0 Å². The number of urea groups is 1. The number of nitrogens with zero attached hydrogens (tertiary/aromatic N) is 2. The molecule has 1 saturated carbocycles. The van der Waals surface area contributed by atoms with Gasteiger partial charge in [-0.1, -0.05) is 0 Å². The summed E-state index contributed by atoms with van der Waals surface area (Å²) in [6.07, 6.45) is 2.15. The number of carboxylic acid groups (broad SMARTS) is 1. The second kappa shape index (κ2) is 6.21. The molecule has 1 aliphatic rings. The van der Waals surface area contributed by atoms with E-state index in [1.54, 1.807) is 0 Å². The van der Waals surface area contributed by atoms with Gasteiger partial charge in [-0.15, -0.1) is 11.3 Å². The molecule has 1 unspecified atom stereocenters. The quantitative estimate of drug-likeness (QED) is 0.841. The van der Waals surface area contributed by atoms with Crippen LogP contribution in [0, 0.1) is 12.8 Å². The van der Waals surface area contributed by atoms with Crippen LogP contribution >= 0.6 is 11.3 Å². The first-order chi connectivity index (χ1) is 9.45. The molecule has 1 aromatic rings. The summed E-state index contributed by atoms with van der Waals surface area (Å²) in [5, 5.41) is 14.5. The van der Waals surface area contributed by atoms with Crippen LogP contribution in [0.15, 0.2) is 5.38 Å².